The zero-order valence-corrected chi connectivity index (χ0v) is 19.2. The summed E-state index contributed by atoms with van der Waals surface area (Å²) < 4.78 is 72.0. The summed E-state index contributed by atoms with van der Waals surface area (Å²) in [6.45, 7) is 4.41. The molecular formula is C21H28O8S2. The van der Waals surface area contributed by atoms with Crippen molar-refractivity contribution in [3.05, 3.63) is 59.7 Å². The van der Waals surface area contributed by atoms with Crippen molar-refractivity contribution in [3.63, 3.8) is 0 Å². The lowest BCUT2D eigenvalue weighted by atomic mass is 9.78. The molecule has 0 aromatic heterocycles. The van der Waals surface area contributed by atoms with Crippen molar-refractivity contribution in [1.82, 2.24) is 0 Å². The lowest BCUT2D eigenvalue weighted by molar-refractivity contribution is 0.314. The Hall–Kier alpha value is -2.14. The summed E-state index contributed by atoms with van der Waals surface area (Å²) in [6.07, 6.45) is 0.368. The molecule has 172 valence electrons. The van der Waals surface area contributed by atoms with E-state index in [1.807, 2.05) is 50.2 Å². The van der Waals surface area contributed by atoms with Crippen molar-refractivity contribution in [2.24, 2.45) is 0 Å². The van der Waals surface area contributed by atoms with Gasteiger partial charge in [-0.15, -0.1) is 0 Å². The van der Waals surface area contributed by atoms with Crippen LogP contribution in [0.1, 0.15) is 37.8 Å². The molecule has 0 aliphatic heterocycles. The van der Waals surface area contributed by atoms with Crippen molar-refractivity contribution >= 4 is 20.2 Å². The molecule has 0 heterocycles. The highest BCUT2D eigenvalue weighted by Crippen LogP contribution is 2.34. The van der Waals surface area contributed by atoms with Crippen LogP contribution in [0.4, 0.5) is 0 Å². The Labute approximate surface area is 183 Å². The topological polar surface area (TPSA) is 127 Å². The minimum absolute atomic E-state index is 0.163. The third-order valence-corrected chi connectivity index (χ3v) is 6.35. The van der Waals surface area contributed by atoms with Crippen LogP contribution in [0, 0.1) is 0 Å². The van der Waals surface area contributed by atoms with E-state index in [1.165, 1.54) is 0 Å². The van der Waals surface area contributed by atoms with Crippen LogP contribution in [0.15, 0.2) is 48.5 Å². The number of benzene rings is 2. The van der Waals surface area contributed by atoms with Gasteiger partial charge in [0.2, 0.25) is 0 Å². The maximum atomic E-state index is 10.8. The summed E-state index contributed by atoms with van der Waals surface area (Å²) in [5, 5.41) is 0. The quantitative estimate of drug-likeness (QED) is 0.356. The molecule has 0 amide bonds. The average molecular weight is 473 g/mol. The molecule has 0 saturated carbocycles. The molecular weight excluding hydrogens is 444 g/mol. The lowest BCUT2D eigenvalue weighted by Gasteiger charge is -2.27. The summed E-state index contributed by atoms with van der Waals surface area (Å²) in [5.41, 5.74) is 1.55. The summed E-state index contributed by atoms with van der Waals surface area (Å²) in [6, 6.07) is 15.0. The Morgan fingerprint density at radius 2 is 1.13 bits per heavy atom. The fourth-order valence-corrected chi connectivity index (χ4v) is 3.94. The Morgan fingerprint density at radius 3 is 1.48 bits per heavy atom. The third kappa shape index (κ3) is 8.86. The zero-order valence-electron chi connectivity index (χ0n) is 17.5. The molecule has 0 aliphatic carbocycles. The molecule has 0 fully saturated rings. The van der Waals surface area contributed by atoms with E-state index < -0.39 is 25.7 Å². The van der Waals surface area contributed by atoms with E-state index in [1.54, 1.807) is 12.1 Å². The van der Waals surface area contributed by atoms with Gasteiger partial charge in [0.15, 0.2) is 0 Å². The van der Waals surface area contributed by atoms with Gasteiger partial charge < -0.3 is 9.47 Å². The van der Waals surface area contributed by atoms with Gasteiger partial charge in [0.1, 0.15) is 11.5 Å². The molecule has 2 N–H and O–H groups in total. The number of hydrogen-bond acceptors (Lipinski definition) is 6. The molecule has 2 rings (SSSR count). The van der Waals surface area contributed by atoms with Crippen LogP contribution >= 0.6 is 0 Å². The van der Waals surface area contributed by atoms with E-state index >= 15 is 0 Å². The van der Waals surface area contributed by atoms with E-state index in [2.05, 4.69) is 0 Å². The molecule has 0 bridgehead atoms. The second kappa shape index (κ2) is 10.4. The Balaban J connectivity index is 2.05. The van der Waals surface area contributed by atoms with Crippen LogP contribution < -0.4 is 9.47 Å². The van der Waals surface area contributed by atoms with E-state index in [0.717, 1.165) is 11.1 Å². The molecule has 10 heteroatoms. The molecule has 0 aliphatic rings. The van der Waals surface area contributed by atoms with Crippen molar-refractivity contribution in [1.29, 1.82) is 0 Å². The van der Waals surface area contributed by atoms with Crippen molar-refractivity contribution in [2.45, 2.75) is 32.1 Å². The third-order valence-electron chi connectivity index (χ3n) is 4.74. The largest absolute Gasteiger partial charge is 0.494 e. The predicted molar refractivity (Wildman–Crippen MR) is 118 cm³/mol. The fraction of sp³-hybridized carbons (Fsp3) is 0.429. The maximum Gasteiger partial charge on any atom is 0.264 e. The van der Waals surface area contributed by atoms with Crippen LogP contribution in [0.3, 0.4) is 0 Å². The first-order chi connectivity index (χ1) is 14.4. The first-order valence-corrected chi connectivity index (χ1v) is 13.0. The highest BCUT2D eigenvalue weighted by molar-refractivity contribution is 7.86. The van der Waals surface area contributed by atoms with Crippen molar-refractivity contribution in [3.8, 4) is 11.5 Å². The fourth-order valence-electron chi connectivity index (χ4n) is 2.98. The van der Waals surface area contributed by atoms with Gasteiger partial charge in [-0.1, -0.05) is 38.1 Å². The normalized spacial score (nSPS) is 12.5. The lowest BCUT2D eigenvalue weighted by Crippen LogP contribution is -2.19. The smallest absolute Gasteiger partial charge is 0.264 e. The SMILES string of the molecule is CC(C)(c1cccc(OCCCS(=O)(=O)O)c1)c1cccc(OCCCS(=O)(=O)O)c1. The van der Waals surface area contributed by atoms with Gasteiger partial charge in [0, 0.05) is 5.41 Å². The molecule has 2 aromatic carbocycles. The van der Waals surface area contributed by atoms with E-state index in [0.29, 0.717) is 11.5 Å². The first kappa shape index (κ1) is 25.1. The van der Waals surface area contributed by atoms with Gasteiger partial charge in [-0.25, -0.2) is 0 Å². The average Bonchev–Trinajstić information content (AvgIpc) is 2.68. The summed E-state index contributed by atoms with van der Waals surface area (Å²) in [4.78, 5) is 0. The monoisotopic (exact) mass is 472 g/mol. The summed E-state index contributed by atoms with van der Waals surface area (Å²) in [5.74, 6) is 0.488. The second-order valence-electron chi connectivity index (χ2n) is 7.66. The molecule has 0 spiro atoms. The highest BCUT2D eigenvalue weighted by atomic mass is 32.2. The highest BCUT2D eigenvalue weighted by Gasteiger charge is 2.24. The first-order valence-electron chi connectivity index (χ1n) is 9.74. The van der Waals surface area contributed by atoms with Gasteiger partial charge in [0.25, 0.3) is 20.2 Å². The molecule has 31 heavy (non-hydrogen) atoms. The summed E-state index contributed by atoms with van der Waals surface area (Å²) >= 11 is 0. The van der Waals surface area contributed by atoms with Crippen molar-refractivity contribution in [2.75, 3.05) is 24.7 Å². The van der Waals surface area contributed by atoms with Gasteiger partial charge in [0.05, 0.1) is 24.7 Å². The Bertz CT molecular complexity index is 991. The van der Waals surface area contributed by atoms with E-state index in [4.69, 9.17) is 18.6 Å². The number of rotatable bonds is 12. The van der Waals surface area contributed by atoms with Crippen molar-refractivity contribution < 1.29 is 35.4 Å². The molecule has 0 unspecified atom stereocenters. The molecule has 0 saturated heterocycles. The van der Waals surface area contributed by atoms with Gasteiger partial charge in [-0.3, -0.25) is 9.11 Å². The maximum absolute atomic E-state index is 10.8. The van der Waals surface area contributed by atoms with Crippen LogP contribution in [0.2, 0.25) is 0 Å². The number of ether oxygens (including phenoxy) is 2. The molecule has 8 nitrogen and oxygen atoms in total. The second-order valence-corrected chi connectivity index (χ2v) is 10.8. The van der Waals surface area contributed by atoms with E-state index in [9.17, 15) is 16.8 Å². The van der Waals surface area contributed by atoms with Crippen LogP contribution in [-0.4, -0.2) is 50.7 Å². The molecule has 0 atom stereocenters. The van der Waals surface area contributed by atoms with Gasteiger partial charge >= 0.3 is 0 Å². The minimum atomic E-state index is -4.00. The zero-order chi connectivity index (χ0) is 23.1. The Kier molecular flexibility index (Phi) is 8.47. The van der Waals surface area contributed by atoms with Gasteiger partial charge in [-0.2, -0.15) is 16.8 Å². The van der Waals surface area contributed by atoms with Gasteiger partial charge in [-0.05, 0) is 48.2 Å². The predicted octanol–water partition coefficient (Wildman–Crippen LogP) is 3.33. The van der Waals surface area contributed by atoms with Crippen LogP contribution in [-0.2, 0) is 25.7 Å². The molecule has 0 radical (unpaired) electrons. The standard InChI is InChI=1S/C21H28O8S2/c1-21(2,17-7-3-9-19(15-17)28-11-5-13-30(22,23)24)18-8-4-10-20(16-18)29-12-6-14-31(25,26)27/h3-4,7-10,15-16H,5-6,11-14H2,1-2H3,(H,22,23,24)(H,25,26,27). The van der Waals surface area contributed by atoms with E-state index in [-0.39, 0.29) is 37.6 Å². The Morgan fingerprint density at radius 1 is 0.742 bits per heavy atom. The number of hydrogen-bond donors (Lipinski definition) is 2. The van der Waals surface area contributed by atoms with Crippen LogP contribution in [0.25, 0.3) is 0 Å². The van der Waals surface area contributed by atoms with Crippen LogP contribution in [0.5, 0.6) is 11.5 Å². The molecule has 2 aromatic rings. The summed E-state index contributed by atoms with van der Waals surface area (Å²) in [7, 11) is -8.00. The minimum Gasteiger partial charge on any atom is -0.494 e.